The van der Waals surface area contributed by atoms with Crippen LogP contribution in [0.1, 0.15) is 35.8 Å². The van der Waals surface area contributed by atoms with Crippen LogP contribution in [0.3, 0.4) is 0 Å². The monoisotopic (exact) mass is 470 g/mol. The standard InChI is InChI=1S/C24H20N8O.H2S/c1-15-9-11-31-20(15)24(33)32(17-6-3-2-4-7-17)22(29-31)18-8-5-10-30(18)23-19-16(12-25)13-26-21(19)27-14-28-23;/h2-4,6-7,9,11,13-14,18H,5,8,10H2,1H3,(H,26,27,28);1H2/t18-;/m0./s1. The van der Waals surface area contributed by atoms with Crippen LogP contribution in [0, 0.1) is 18.3 Å². The number of para-hydroxylation sites is 1. The number of hydrogen-bond acceptors (Lipinski definition) is 6. The summed E-state index contributed by atoms with van der Waals surface area (Å²) in [6.07, 6.45) is 6.70. The van der Waals surface area contributed by atoms with Gasteiger partial charge in [0.25, 0.3) is 5.56 Å². The van der Waals surface area contributed by atoms with E-state index in [0.29, 0.717) is 33.8 Å². The predicted octanol–water partition coefficient (Wildman–Crippen LogP) is 3.39. The molecule has 5 heterocycles. The SMILES string of the molecule is Cc1ccn2nc([C@@H]3CCCN3c3ncnc4[nH]cc(C#N)c34)n(-c3ccccc3)c(=O)c12.S. The topological polar surface area (TPSA) is 108 Å². The van der Waals surface area contributed by atoms with Crippen molar-refractivity contribution in [2.45, 2.75) is 25.8 Å². The quantitative estimate of drug-likeness (QED) is 0.433. The van der Waals surface area contributed by atoms with Crippen LogP contribution in [0.5, 0.6) is 0 Å². The van der Waals surface area contributed by atoms with Gasteiger partial charge in [-0.05, 0) is 43.5 Å². The van der Waals surface area contributed by atoms with Crippen LogP contribution in [0.25, 0.3) is 22.2 Å². The van der Waals surface area contributed by atoms with Crippen molar-refractivity contribution in [2.24, 2.45) is 0 Å². The lowest BCUT2D eigenvalue weighted by Gasteiger charge is -2.27. The van der Waals surface area contributed by atoms with Gasteiger partial charge in [0.1, 0.15) is 29.4 Å². The van der Waals surface area contributed by atoms with E-state index in [1.54, 1.807) is 15.3 Å². The van der Waals surface area contributed by atoms with Crippen LogP contribution in [-0.2, 0) is 0 Å². The second-order valence-electron chi connectivity index (χ2n) is 8.21. The Morgan fingerprint density at radius 3 is 2.79 bits per heavy atom. The molecule has 0 radical (unpaired) electrons. The molecular formula is C24H22N8OS. The fourth-order valence-electron chi connectivity index (χ4n) is 4.81. The number of aromatic amines is 1. The highest BCUT2D eigenvalue weighted by Crippen LogP contribution is 2.38. The molecule has 10 heteroatoms. The number of nitrogens with zero attached hydrogens (tertiary/aromatic N) is 7. The number of H-pyrrole nitrogens is 1. The summed E-state index contributed by atoms with van der Waals surface area (Å²) in [5, 5.41) is 15.2. The fourth-order valence-corrected chi connectivity index (χ4v) is 4.81. The Morgan fingerprint density at radius 1 is 1.18 bits per heavy atom. The van der Waals surface area contributed by atoms with Crippen LogP contribution < -0.4 is 10.5 Å². The molecule has 34 heavy (non-hydrogen) atoms. The Labute approximate surface area is 201 Å². The first-order chi connectivity index (χ1) is 16.2. The molecule has 1 fully saturated rings. The highest BCUT2D eigenvalue weighted by molar-refractivity contribution is 7.59. The van der Waals surface area contributed by atoms with Crippen LogP contribution in [0.4, 0.5) is 5.82 Å². The van der Waals surface area contributed by atoms with Gasteiger partial charge in [-0.15, -0.1) is 0 Å². The van der Waals surface area contributed by atoms with E-state index in [0.717, 1.165) is 30.6 Å². The van der Waals surface area contributed by atoms with Gasteiger partial charge in [0.2, 0.25) is 0 Å². The number of aryl methyl sites for hydroxylation is 1. The van der Waals surface area contributed by atoms with Crippen LogP contribution >= 0.6 is 13.5 Å². The van der Waals surface area contributed by atoms with E-state index >= 15 is 0 Å². The molecule has 5 aromatic rings. The van der Waals surface area contributed by atoms with Crippen molar-refractivity contribution in [1.82, 2.24) is 29.1 Å². The maximum absolute atomic E-state index is 13.7. The van der Waals surface area contributed by atoms with Gasteiger partial charge < -0.3 is 9.88 Å². The first-order valence-electron chi connectivity index (χ1n) is 10.8. The fraction of sp³-hybridized carbons (Fsp3) is 0.208. The van der Waals surface area contributed by atoms with E-state index in [-0.39, 0.29) is 25.1 Å². The molecule has 0 aliphatic carbocycles. The van der Waals surface area contributed by atoms with Crippen LogP contribution in [0.15, 0.2) is 59.9 Å². The van der Waals surface area contributed by atoms with Gasteiger partial charge in [-0.3, -0.25) is 9.36 Å². The number of fused-ring (bicyclic) bond motifs is 2. The molecule has 1 aromatic carbocycles. The van der Waals surface area contributed by atoms with Crippen molar-refractivity contribution < 1.29 is 0 Å². The summed E-state index contributed by atoms with van der Waals surface area (Å²) in [5.74, 6) is 1.32. The molecule has 170 valence electrons. The zero-order valence-electron chi connectivity index (χ0n) is 18.4. The molecule has 0 amide bonds. The molecule has 1 atom stereocenters. The van der Waals surface area contributed by atoms with Gasteiger partial charge in [-0.25, -0.2) is 14.5 Å². The summed E-state index contributed by atoms with van der Waals surface area (Å²) in [6, 6.07) is 13.5. The van der Waals surface area contributed by atoms with Gasteiger partial charge in [0.05, 0.1) is 22.7 Å². The van der Waals surface area contributed by atoms with E-state index in [4.69, 9.17) is 5.10 Å². The maximum atomic E-state index is 13.7. The number of nitriles is 1. The van der Waals surface area contributed by atoms with E-state index in [1.165, 1.54) is 6.33 Å². The lowest BCUT2D eigenvalue weighted by molar-refractivity contribution is 0.602. The highest BCUT2D eigenvalue weighted by Gasteiger charge is 2.34. The average molecular weight is 471 g/mol. The van der Waals surface area contributed by atoms with Crippen molar-refractivity contribution in [3.05, 3.63) is 82.4 Å². The number of anilines is 1. The molecular weight excluding hydrogens is 448 g/mol. The third kappa shape index (κ3) is 3.16. The van der Waals surface area contributed by atoms with Crippen molar-refractivity contribution in [3.8, 4) is 11.8 Å². The van der Waals surface area contributed by atoms with E-state index in [2.05, 4.69) is 25.9 Å². The molecule has 1 N–H and O–H groups in total. The molecule has 0 spiro atoms. The number of hydrogen-bond donors (Lipinski definition) is 1. The van der Waals surface area contributed by atoms with Gasteiger partial charge >= 0.3 is 0 Å². The molecule has 9 nitrogen and oxygen atoms in total. The molecule has 0 unspecified atom stereocenters. The van der Waals surface area contributed by atoms with Crippen molar-refractivity contribution in [1.29, 1.82) is 5.26 Å². The Balaban J connectivity index is 0.00000241. The van der Waals surface area contributed by atoms with Crippen molar-refractivity contribution in [2.75, 3.05) is 11.4 Å². The zero-order chi connectivity index (χ0) is 22.5. The minimum Gasteiger partial charge on any atom is -0.346 e. The summed E-state index contributed by atoms with van der Waals surface area (Å²) in [4.78, 5) is 27.8. The number of benzene rings is 1. The number of nitrogens with one attached hydrogen (secondary N) is 1. The first kappa shape index (κ1) is 21.7. The summed E-state index contributed by atoms with van der Waals surface area (Å²) < 4.78 is 3.39. The first-order valence-corrected chi connectivity index (χ1v) is 10.8. The van der Waals surface area contributed by atoms with Gasteiger partial charge in [0, 0.05) is 18.9 Å². The molecule has 1 aliphatic rings. The summed E-state index contributed by atoms with van der Waals surface area (Å²) in [5.41, 5.74) is 3.23. The van der Waals surface area contributed by atoms with Gasteiger partial charge in [-0.2, -0.15) is 23.9 Å². The molecule has 0 saturated carbocycles. The Hall–Kier alpha value is -4.10. The average Bonchev–Trinajstić information content (AvgIpc) is 3.57. The molecule has 6 rings (SSSR count). The van der Waals surface area contributed by atoms with E-state index in [1.807, 2.05) is 49.5 Å². The molecule has 4 aromatic heterocycles. The number of rotatable bonds is 3. The van der Waals surface area contributed by atoms with Gasteiger partial charge in [-0.1, -0.05) is 18.2 Å². The lowest BCUT2D eigenvalue weighted by atomic mass is 10.1. The van der Waals surface area contributed by atoms with E-state index in [9.17, 15) is 10.1 Å². The summed E-state index contributed by atoms with van der Waals surface area (Å²) in [7, 11) is 0. The smallest absolute Gasteiger partial charge is 0.282 e. The molecule has 1 saturated heterocycles. The normalized spacial score (nSPS) is 15.5. The van der Waals surface area contributed by atoms with Crippen LogP contribution in [0.2, 0.25) is 0 Å². The van der Waals surface area contributed by atoms with E-state index < -0.39 is 0 Å². The minimum absolute atomic E-state index is 0. The highest BCUT2D eigenvalue weighted by atomic mass is 32.1. The third-order valence-electron chi connectivity index (χ3n) is 6.32. The molecule has 1 aliphatic heterocycles. The largest absolute Gasteiger partial charge is 0.346 e. The number of aromatic nitrogens is 6. The van der Waals surface area contributed by atoms with Crippen molar-refractivity contribution in [3.63, 3.8) is 0 Å². The van der Waals surface area contributed by atoms with Crippen LogP contribution in [-0.4, -0.2) is 35.7 Å². The second-order valence-corrected chi connectivity index (χ2v) is 8.21. The Morgan fingerprint density at radius 2 is 2.00 bits per heavy atom. The second kappa shape index (κ2) is 8.35. The van der Waals surface area contributed by atoms with Gasteiger partial charge in [0.15, 0.2) is 5.82 Å². The molecule has 0 bridgehead atoms. The lowest BCUT2D eigenvalue weighted by Crippen LogP contribution is -2.33. The maximum Gasteiger partial charge on any atom is 0.282 e. The van der Waals surface area contributed by atoms with Crippen molar-refractivity contribution >= 4 is 35.9 Å². The predicted molar refractivity (Wildman–Crippen MR) is 134 cm³/mol. The minimum atomic E-state index is -0.190. The zero-order valence-corrected chi connectivity index (χ0v) is 19.4. The summed E-state index contributed by atoms with van der Waals surface area (Å²) in [6.45, 7) is 2.66. The third-order valence-corrected chi connectivity index (χ3v) is 6.32. The summed E-state index contributed by atoms with van der Waals surface area (Å²) >= 11 is 0. The Kier molecular flexibility index (Phi) is 5.34. The Bertz CT molecular complexity index is 1610.